The van der Waals surface area contributed by atoms with Gasteiger partial charge in [0.25, 0.3) is 0 Å². The maximum absolute atomic E-state index is 9.12. The van der Waals surface area contributed by atoms with Crippen molar-refractivity contribution in [2.24, 2.45) is 0 Å². The number of carboxylic acid groups (broad SMARTS) is 1. The Morgan fingerprint density at radius 1 is 1.50 bits per heavy atom. The Bertz CT molecular complexity index is 231. The normalized spacial score (nSPS) is 23.6. The van der Waals surface area contributed by atoms with Crippen LogP contribution in [0.1, 0.15) is 25.7 Å². The Labute approximate surface area is 94.8 Å². The van der Waals surface area contributed by atoms with Crippen LogP contribution in [0.5, 0.6) is 0 Å². The SMILES string of the molecule is COC1CCC(NC#N)CC1.O=C(O)CO. The molecule has 92 valence electrons. The highest BCUT2D eigenvalue weighted by Crippen LogP contribution is 2.20. The number of aliphatic hydroxyl groups is 1. The van der Waals surface area contributed by atoms with Gasteiger partial charge in [-0.25, -0.2) is 4.79 Å². The number of carboxylic acids is 1. The van der Waals surface area contributed by atoms with Gasteiger partial charge in [-0.05, 0) is 25.7 Å². The first-order valence-electron chi connectivity index (χ1n) is 5.14. The lowest BCUT2D eigenvalue weighted by Crippen LogP contribution is -2.32. The molecule has 0 atom stereocenters. The van der Waals surface area contributed by atoms with Gasteiger partial charge in [0.05, 0.1) is 6.10 Å². The number of carbonyl (C=O) groups is 1. The van der Waals surface area contributed by atoms with Crippen molar-refractivity contribution >= 4 is 5.97 Å². The van der Waals surface area contributed by atoms with Crippen molar-refractivity contribution in [2.45, 2.75) is 37.8 Å². The second kappa shape index (κ2) is 8.95. The monoisotopic (exact) mass is 230 g/mol. The molecule has 0 bridgehead atoms. The number of hydrogen-bond donors (Lipinski definition) is 3. The smallest absolute Gasteiger partial charge is 0.329 e. The van der Waals surface area contributed by atoms with E-state index in [2.05, 4.69) is 5.32 Å². The topological polar surface area (TPSA) is 103 Å². The van der Waals surface area contributed by atoms with Crippen molar-refractivity contribution in [1.29, 1.82) is 5.26 Å². The predicted octanol–water partition coefficient (Wildman–Crippen LogP) is 0.0780. The van der Waals surface area contributed by atoms with Crippen molar-refractivity contribution in [3.63, 3.8) is 0 Å². The van der Waals surface area contributed by atoms with Crippen LogP contribution in [-0.4, -0.2) is 42.0 Å². The number of nitrogens with one attached hydrogen (secondary N) is 1. The van der Waals surface area contributed by atoms with Crippen molar-refractivity contribution in [2.75, 3.05) is 13.7 Å². The van der Waals surface area contributed by atoms with E-state index in [9.17, 15) is 0 Å². The number of methoxy groups -OCH3 is 1. The second-order valence-corrected chi connectivity index (χ2v) is 3.52. The fraction of sp³-hybridized carbons (Fsp3) is 0.800. The fourth-order valence-electron chi connectivity index (χ4n) is 1.53. The molecular weight excluding hydrogens is 212 g/mol. The number of ether oxygens (including phenoxy) is 1. The summed E-state index contributed by atoms with van der Waals surface area (Å²) in [6, 6.07) is 0.395. The first-order chi connectivity index (χ1) is 7.63. The van der Waals surface area contributed by atoms with E-state index >= 15 is 0 Å². The number of rotatable bonds is 3. The van der Waals surface area contributed by atoms with Gasteiger partial charge < -0.3 is 20.3 Å². The van der Waals surface area contributed by atoms with Crippen molar-refractivity contribution in [3.05, 3.63) is 0 Å². The number of nitriles is 1. The number of aliphatic carboxylic acids is 1. The standard InChI is InChI=1S/C8H14N2O.C2H4O3/c1-11-8-4-2-7(3-5-8)10-6-9;3-1-2(4)5/h7-8,10H,2-5H2,1H3;3H,1H2,(H,4,5). The summed E-state index contributed by atoms with van der Waals surface area (Å²) in [6.07, 6.45) is 6.68. The summed E-state index contributed by atoms with van der Waals surface area (Å²) < 4.78 is 5.21. The maximum Gasteiger partial charge on any atom is 0.329 e. The third-order valence-corrected chi connectivity index (χ3v) is 2.41. The van der Waals surface area contributed by atoms with Gasteiger partial charge in [-0.15, -0.1) is 0 Å². The van der Waals surface area contributed by atoms with Gasteiger partial charge in [0, 0.05) is 13.2 Å². The van der Waals surface area contributed by atoms with Crippen LogP contribution in [0.15, 0.2) is 0 Å². The quantitative estimate of drug-likeness (QED) is 0.468. The van der Waals surface area contributed by atoms with E-state index in [-0.39, 0.29) is 0 Å². The fourth-order valence-corrected chi connectivity index (χ4v) is 1.53. The molecule has 0 heterocycles. The third kappa shape index (κ3) is 7.04. The summed E-state index contributed by atoms with van der Waals surface area (Å²) >= 11 is 0. The molecule has 0 amide bonds. The lowest BCUT2D eigenvalue weighted by atomic mass is 9.93. The highest BCUT2D eigenvalue weighted by Gasteiger charge is 2.19. The third-order valence-electron chi connectivity index (χ3n) is 2.41. The second-order valence-electron chi connectivity index (χ2n) is 3.52. The highest BCUT2D eigenvalue weighted by molar-refractivity contribution is 5.67. The van der Waals surface area contributed by atoms with E-state index in [0.29, 0.717) is 12.1 Å². The molecule has 0 spiro atoms. The Morgan fingerprint density at radius 3 is 2.31 bits per heavy atom. The average molecular weight is 230 g/mol. The van der Waals surface area contributed by atoms with Crippen LogP contribution < -0.4 is 5.32 Å². The van der Waals surface area contributed by atoms with Crippen LogP contribution in [0.4, 0.5) is 0 Å². The molecule has 1 fully saturated rings. The van der Waals surface area contributed by atoms with Gasteiger partial charge in [0.2, 0.25) is 0 Å². The van der Waals surface area contributed by atoms with Crippen molar-refractivity contribution in [3.8, 4) is 6.19 Å². The van der Waals surface area contributed by atoms with E-state index in [1.807, 2.05) is 6.19 Å². The Hall–Kier alpha value is -1.32. The lowest BCUT2D eigenvalue weighted by Gasteiger charge is -2.26. The van der Waals surface area contributed by atoms with Gasteiger partial charge in [0.15, 0.2) is 6.19 Å². The van der Waals surface area contributed by atoms with E-state index in [4.69, 9.17) is 25.0 Å². The molecule has 0 radical (unpaired) electrons. The molecule has 0 unspecified atom stereocenters. The van der Waals surface area contributed by atoms with E-state index in [0.717, 1.165) is 25.7 Å². The van der Waals surface area contributed by atoms with Crippen LogP contribution in [0, 0.1) is 11.5 Å². The Kier molecular flexibility index (Phi) is 8.21. The van der Waals surface area contributed by atoms with Gasteiger partial charge in [-0.3, -0.25) is 0 Å². The van der Waals surface area contributed by atoms with Gasteiger partial charge in [0.1, 0.15) is 6.61 Å². The molecule has 1 saturated carbocycles. The number of nitrogens with zero attached hydrogens (tertiary/aromatic N) is 1. The molecule has 0 aromatic carbocycles. The minimum absolute atomic E-state index is 0.395. The maximum atomic E-state index is 9.12. The van der Waals surface area contributed by atoms with Crippen LogP contribution >= 0.6 is 0 Å². The first kappa shape index (κ1) is 14.7. The largest absolute Gasteiger partial charge is 0.480 e. The zero-order valence-electron chi connectivity index (χ0n) is 9.35. The van der Waals surface area contributed by atoms with Crippen LogP contribution in [0.2, 0.25) is 0 Å². The van der Waals surface area contributed by atoms with Crippen LogP contribution in [-0.2, 0) is 9.53 Å². The zero-order chi connectivity index (χ0) is 12.4. The van der Waals surface area contributed by atoms with E-state index in [1.54, 1.807) is 7.11 Å². The van der Waals surface area contributed by atoms with E-state index < -0.39 is 12.6 Å². The molecule has 0 aromatic heterocycles. The molecule has 3 N–H and O–H groups in total. The number of aliphatic hydroxyl groups excluding tert-OH is 1. The zero-order valence-corrected chi connectivity index (χ0v) is 9.35. The van der Waals surface area contributed by atoms with E-state index in [1.165, 1.54) is 0 Å². The Balaban J connectivity index is 0.000000385. The summed E-state index contributed by atoms with van der Waals surface area (Å²) in [5.74, 6) is -1.19. The van der Waals surface area contributed by atoms with Crippen molar-refractivity contribution in [1.82, 2.24) is 5.32 Å². The molecule has 1 rings (SSSR count). The van der Waals surface area contributed by atoms with Gasteiger partial charge in [-0.1, -0.05) is 0 Å². The minimum atomic E-state index is -1.19. The molecule has 0 aromatic rings. The predicted molar refractivity (Wildman–Crippen MR) is 56.5 cm³/mol. The summed E-state index contributed by atoms with van der Waals surface area (Å²) in [6.45, 7) is -0.778. The molecule has 1 aliphatic rings. The summed E-state index contributed by atoms with van der Waals surface area (Å²) in [5.41, 5.74) is 0. The summed E-state index contributed by atoms with van der Waals surface area (Å²) in [5, 5.41) is 26.1. The molecule has 0 saturated heterocycles. The molecule has 0 aliphatic heterocycles. The molecule has 16 heavy (non-hydrogen) atoms. The van der Waals surface area contributed by atoms with Gasteiger partial charge in [-0.2, -0.15) is 5.26 Å². The lowest BCUT2D eigenvalue weighted by molar-refractivity contribution is -0.140. The number of hydrogen-bond acceptors (Lipinski definition) is 5. The average Bonchev–Trinajstić information content (AvgIpc) is 2.31. The van der Waals surface area contributed by atoms with Crippen molar-refractivity contribution < 1.29 is 19.7 Å². The van der Waals surface area contributed by atoms with Crippen LogP contribution in [0.3, 0.4) is 0 Å². The van der Waals surface area contributed by atoms with Gasteiger partial charge >= 0.3 is 5.97 Å². The first-order valence-corrected chi connectivity index (χ1v) is 5.14. The molecule has 6 nitrogen and oxygen atoms in total. The minimum Gasteiger partial charge on any atom is -0.480 e. The molecular formula is C10H18N2O4. The highest BCUT2D eigenvalue weighted by atomic mass is 16.5. The Morgan fingerprint density at radius 2 is 2.00 bits per heavy atom. The molecule has 1 aliphatic carbocycles. The summed E-state index contributed by atoms with van der Waals surface area (Å²) in [4.78, 5) is 9.12. The summed E-state index contributed by atoms with van der Waals surface area (Å²) in [7, 11) is 1.75. The van der Waals surface area contributed by atoms with Crippen LogP contribution in [0.25, 0.3) is 0 Å². The molecule has 6 heteroatoms.